The van der Waals surface area contributed by atoms with Gasteiger partial charge in [0.05, 0.1) is 25.3 Å². The van der Waals surface area contributed by atoms with Crippen molar-refractivity contribution in [2.24, 2.45) is 0 Å². The quantitative estimate of drug-likeness (QED) is 0.217. The first-order valence-corrected chi connectivity index (χ1v) is 13.5. The molecule has 1 fully saturated rings. The Kier molecular flexibility index (Phi) is 9.88. The van der Waals surface area contributed by atoms with Gasteiger partial charge in [-0.1, -0.05) is 54.6 Å². The number of alkyl halides is 3. The van der Waals surface area contributed by atoms with Crippen molar-refractivity contribution < 1.29 is 37.3 Å². The molecule has 0 saturated carbocycles. The number of hydrogen-bond acceptors (Lipinski definition) is 5. The molecule has 0 radical (unpaired) electrons. The number of ether oxygens (including phenoxy) is 2. The normalized spacial score (nSPS) is 14.5. The van der Waals surface area contributed by atoms with Crippen LogP contribution in [-0.2, 0) is 23.9 Å². The van der Waals surface area contributed by atoms with E-state index >= 15 is 0 Å². The molecule has 0 spiro atoms. The van der Waals surface area contributed by atoms with Gasteiger partial charge < -0.3 is 14.6 Å². The fourth-order valence-electron chi connectivity index (χ4n) is 5.26. The van der Waals surface area contributed by atoms with E-state index in [-0.39, 0.29) is 19.2 Å². The Morgan fingerprint density at radius 1 is 0.953 bits per heavy atom. The lowest BCUT2D eigenvalue weighted by Gasteiger charge is -2.24. The zero-order chi connectivity index (χ0) is 31.1. The maximum atomic E-state index is 13.8. The van der Waals surface area contributed by atoms with E-state index in [0.717, 1.165) is 47.8 Å². The van der Waals surface area contributed by atoms with E-state index in [1.807, 2.05) is 55.5 Å². The molecule has 1 N–H and O–H groups in total. The number of halogens is 3. The Morgan fingerprint density at radius 2 is 1.67 bits per heavy atom. The van der Waals surface area contributed by atoms with E-state index in [2.05, 4.69) is 0 Å². The average molecular weight is 592 g/mol. The van der Waals surface area contributed by atoms with Gasteiger partial charge in [-0.2, -0.15) is 13.2 Å². The number of aliphatic hydroxyl groups excluding tert-OH is 1. The number of carbonyl (C=O) groups is 2. The zero-order valence-electron chi connectivity index (χ0n) is 24.0. The summed E-state index contributed by atoms with van der Waals surface area (Å²) in [5.74, 6) is 0.474. The molecule has 5 rings (SSSR count). The molecule has 1 unspecified atom stereocenters. The summed E-state index contributed by atoms with van der Waals surface area (Å²) in [6.45, 7) is 1.97. The molecule has 4 aromatic rings. The van der Waals surface area contributed by atoms with E-state index in [9.17, 15) is 22.8 Å². The van der Waals surface area contributed by atoms with Gasteiger partial charge in [0, 0.05) is 18.2 Å². The fraction of sp³-hybridized carbons (Fsp3) is 0.235. The number of aldehydes is 1. The molecule has 0 aromatic heterocycles. The van der Waals surface area contributed by atoms with Gasteiger partial charge in [0.1, 0.15) is 18.6 Å². The SMILES string of the molecule is CO.COc1ccc(-c2ccc(C=O)cc2C)cc1-c1ccc(C(F)(F)F)cc1CN1C(=O)OCC1Cc1ccccc1. The molecule has 0 aliphatic carbocycles. The Hall–Kier alpha value is -4.63. The van der Waals surface area contributed by atoms with Crippen molar-refractivity contribution in [1.82, 2.24) is 4.90 Å². The van der Waals surface area contributed by atoms with Crippen LogP contribution in [0.15, 0.2) is 84.9 Å². The molecule has 1 amide bonds. The minimum atomic E-state index is -4.56. The summed E-state index contributed by atoms with van der Waals surface area (Å²) in [6, 6.07) is 23.6. The number of cyclic esters (lactones) is 1. The number of rotatable bonds is 8. The largest absolute Gasteiger partial charge is 0.496 e. The molecule has 0 bridgehead atoms. The highest BCUT2D eigenvalue weighted by Gasteiger charge is 2.35. The van der Waals surface area contributed by atoms with Crippen molar-refractivity contribution in [2.75, 3.05) is 20.8 Å². The van der Waals surface area contributed by atoms with Crippen LogP contribution in [0, 0.1) is 6.92 Å². The standard InChI is InChI=1S/C33H28F3NO4.CH4O/c1-21-14-23(19-38)8-11-28(21)24-9-13-31(40-2)30(17-24)29-12-10-26(33(34,35)36)16-25(29)18-37-27(20-41-32(37)39)15-22-6-4-3-5-7-22;1-2/h3-14,16-17,19,27H,15,18,20H2,1-2H3;2H,1H3. The predicted octanol–water partition coefficient (Wildman–Crippen LogP) is 7.34. The minimum Gasteiger partial charge on any atom is -0.496 e. The lowest BCUT2D eigenvalue weighted by atomic mass is 9.91. The molecule has 9 heteroatoms. The fourth-order valence-corrected chi connectivity index (χ4v) is 5.26. The van der Waals surface area contributed by atoms with Crippen LogP contribution in [-0.4, -0.2) is 49.3 Å². The highest BCUT2D eigenvalue weighted by Crippen LogP contribution is 2.40. The number of nitrogens with zero attached hydrogens (tertiary/aromatic N) is 1. The third-order valence-corrected chi connectivity index (χ3v) is 7.35. The van der Waals surface area contributed by atoms with E-state index < -0.39 is 17.8 Å². The summed E-state index contributed by atoms with van der Waals surface area (Å²) in [4.78, 5) is 25.5. The molecule has 6 nitrogen and oxygen atoms in total. The van der Waals surface area contributed by atoms with Gasteiger partial charge >= 0.3 is 12.3 Å². The maximum absolute atomic E-state index is 13.8. The summed E-state index contributed by atoms with van der Waals surface area (Å²) >= 11 is 0. The molecule has 1 heterocycles. The van der Waals surface area contributed by atoms with Gasteiger partial charge in [0.2, 0.25) is 0 Å². The van der Waals surface area contributed by atoms with E-state index in [4.69, 9.17) is 14.6 Å². The van der Waals surface area contributed by atoms with Crippen LogP contribution >= 0.6 is 0 Å². The Bertz CT molecular complexity index is 1590. The smallest absolute Gasteiger partial charge is 0.416 e. The summed E-state index contributed by atoms with van der Waals surface area (Å²) in [5.41, 5.74) is 4.71. The van der Waals surface area contributed by atoms with Crippen molar-refractivity contribution in [3.63, 3.8) is 0 Å². The molecule has 1 aliphatic rings. The van der Waals surface area contributed by atoms with Crippen molar-refractivity contribution >= 4 is 12.4 Å². The van der Waals surface area contributed by atoms with Gasteiger partial charge in [0.15, 0.2) is 0 Å². The summed E-state index contributed by atoms with van der Waals surface area (Å²) in [6.07, 6.45) is -3.85. The highest BCUT2D eigenvalue weighted by atomic mass is 19.4. The number of benzene rings is 4. The molecular formula is C34H32F3NO5. The summed E-state index contributed by atoms with van der Waals surface area (Å²) < 4.78 is 52.5. The molecule has 1 saturated heterocycles. The van der Waals surface area contributed by atoms with E-state index in [1.54, 1.807) is 18.2 Å². The lowest BCUT2D eigenvalue weighted by molar-refractivity contribution is -0.137. The van der Waals surface area contributed by atoms with E-state index in [1.165, 1.54) is 18.1 Å². The molecule has 224 valence electrons. The third-order valence-electron chi connectivity index (χ3n) is 7.35. The van der Waals surface area contributed by atoms with Crippen molar-refractivity contribution in [2.45, 2.75) is 32.1 Å². The first kappa shape index (κ1) is 31.3. The van der Waals surface area contributed by atoms with Gasteiger partial charge in [0.25, 0.3) is 0 Å². The van der Waals surface area contributed by atoms with Crippen LogP contribution in [0.3, 0.4) is 0 Å². The van der Waals surface area contributed by atoms with Gasteiger partial charge in [-0.15, -0.1) is 0 Å². The van der Waals surface area contributed by atoms with E-state index in [0.29, 0.717) is 34.4 Å². The number of amides is 1. The topological polar surface area (TPSA) is 76.1 Å². The number of aliphatic hydroxyl groups is 1. The Morgan fingerprint density at radius 3 is 2.33 bits per heavy atom. The highest BCUT2D eigenvalue weighted by molar-refractivity contribution is 5.83. The number of methoxy groups -OCH3 is 1. The van der Waals surface area contributed by atoms with Crippen molar-refractivity contribution in [3.05, 3.63) is 113 Å². The van der Waals surface area contributed by atoms with Crippen LogP contribution < -0.4 is 4.74 Å². The maximum Gasteiger partial charge on any atom is 0.416 e. The van der Waals surface area contributed by atoms with Crippen molar-refractivity contribution in [3.8, 4) is 28.0 Å². The van der Waals surface area contributed by atoms with Crippen molar-refractivity contribution in [1.29, 1.82) is 0 Å². The minimum absolute atomic E-state index is 0.0734. The van der Waals surface area contributed by atoms with Gasteiger partial charge in [-0.3, -0.25) is 9.69 Å². The first-order valence-electron chi connectivity index (χ1n) is 13.5. The molecule has 4 aromatic carbocycles. The number of hydrogen-bond donors (Lipinski definition) is 1. The first-order chi connectivity index (χ1) is 20.7. The van der Waals surface area contributed by atoms with Crippen LogP contribution in [0.2, 0.25) is 0 Å². The van der Waals surface area contributed by atoms with Crippen LogP contribution in [0.1, 0.15) is 32.6 Å². The van der Waals surface area contributed by atoms with Gasteiger partial charge in [-0.25, -0.2) is 4.79 Å². The van der Waals surface area contributed by atoms with Crippen LogP contribution in [0.25, 0.3) is 22.3 Å². The monoisotopic (exact) mass is 591 g/mol. The lowest BCUT2D eigenvalue weighted by Crippen LogP contribution is -2.34. The zero-order valence-corrected chi connectivity index (χ0v) is 24.0. The third kappa shape index (κ3) is 7.06. The van der Waals surface area contributed by atoms with Gasteiger partial charge in [-0.05, 0) is 77.1 Å². The van der Waals surface area contributed by atoms with Crippen LogP contribution in [0.5, 0.6) is 5.75 Å². The molecule has 1 atom stereocenters. The predicted molar refractivity (Wildman–Crippen MR) is 158 cm³/mol. The average Bonchev–Trinajstić information content (AvgIpc) is 3.35. The Labute approximate surface area is 248 Å². The second-order valence-electron chi connectivity index (χ2n) is 10.0. The second-order valence-corrected chi connectivity index (χ2v) is 10.0. The Balaban J connectivity index is 0.00000207. The molecule has 1 aliphatic heterocycles. The number of carbonyl (C=O) groups excluding carboxylic acids is 2. The number of aryl methyl sites for hydroxylation is 1. The molecule has 43 heavy (non-hydrogen) atoms. The summed E-state index contributed by atoms with van der Waals surface area (Å²) in [5, 5.41) is 7.00. The van der Waals surface area contributed by atoms with Crippen LogP contribution in [0.4, 0.5) is 18.0 Å². The second kappa shape index (κ2) is 13.6. The molecular weight excluding hydrogens is 559 g/mol. The summed E-state index contributed by atoms with van der Waals surface area (Å²) in [7, 11) is 2.50.